The summed E-state index contributed by atoms with van der Waals surface area (Å²) in [5, 5.41) is 2.73. The Hall–Kier alpha value is -1.67. The van der Waals surface area contributed by atoms with Crippen molar-refractivity contribution in [2.45, 2.75) is 19.4 Å². The van der Waals surface area contributed by atoms with Crippen LogP contribution in [0.3, 0.4) is 0 Å². The number of nitrogens with two attached hydrogens (primary N) is 2. The van der Waals surface area contributed by atoms with Crippen LogP contribution in [0.25, 0.3) is 0 Å². The molecule has 8 nitrogen and oxygen atoms in total. The SMILES string of the molecule is CCNC(=O)CN1CCN(C(=O)C(N)CC(N)=O)CC1. The fraction of sp³-hybridized carbons (Fsp3) is 0.750. The van der Waals surface area contributed by atoms with Gasteiger partial charge in [-0.3, -0.25) is 19.3 Å². The monoisotopic (exact) mass is 285 g/mol. The van der Waals surface area contributed by atoms with Crippen LogP contribution in [0.15, 0.2) is 0 Å². The molecule has 5 N–H and O–H groups in total. The molecule has 0 aromatic heterocycles. The molecule has 0 radical (unpaired) electrons. The lowest BCUT2D eigenvalue weighted by molar-refractivity contribution is -0.136. The lowest BCUT2D eigenvalue weighted by Crippen LogP contribution is -2.55. The van der Waals surface area contributed by atoms with Gasteiger partial charge in [0.05, 0.1) is 19.0 Å². The van der Waals surface area contributed by atoms with E-state index in [2.05, 4.69) is 5.32 Å². The number of carbonyl (C=O) groups excluding carboxylic acids is 3. The van der Waals surface area contributed by atoms with Gasteiger partial charge in [0.25, 0.3) is 0 Å². The van der Waals surface area contributed by atoms with Crippen LogP contribution in [0, 0.1) is 0 Å². The van der Waals surface area contributed by atoms with Crippen molar-refractivity contribution < 1.29 is 14.4 Å². The Balaban J connectivity index is 2.36. The molecule has 0 spiro atoms. The Kier molecular flexibility index (Phi) is 6.40. The number of amides is 3. The molecule has 0 aromatic carbocycles. The molecule has 114 valence electrons. The molecular formula is C12H23N5O3. The lowest BCUT2D eigenvalue weighted by Gasteiger charge is -2.35. The van der Waals surface area contributed by atoms with Gasteiger partial charge in [-0.25, -0.2) is 0 Å². The van der Waals surface area contributed by atoms with Crippen LogP contribution in [-0.4, -0.2) is 72.8 Å². The zero-order valence-electron chi connectivity index (χ0n) is 11.8. The van der Waals surface area contributed by atoms with Crippen molar-refractivity contribution in [2.75, 3.05) is 39.3 Å². The highest BCUT2D eigenvalue weighted by Crippen LogP contribution is 2.04. The van der Waals surface area contributed by atoms with Gasteiger partial charge in [0.15, 0.2) is 0 Å². The van der Waals surface area contributed by atoms with E-state index in [1.807, 2.05) is 11.8 Å². The second-order valence-electron chi connectivity index (χ2n) is 4.83. The van der Waals surface area contributed by atoms with Crippen molar-refractivity contribution >= 4 is 17.7 Å². The Morgan fingerprint density at radius 3 is 2.30 bits per heavy atom. The van der Waals surface area contributed by atoms with Crippen molar-refractivity contribution in [1.29, 1.82) is 0 Å². The summed E-state index contributed by atoms with van der Waals surface area (Å²) >= 11 is 0. The third-order valence-electron chi connectivity index (χ3n) is 3.16. The molecule has 1 fully saturated rings. The van der Waals surface area contributed by atoms with Gasteiger partial charge < -0.3 is 21.7 Å². The zero-order valence-corrected chi connectivity index (χ0v) is 11.8. The molecule has 1 heterocycles. The van der Waals surface area contributed by atoms with Crippen LogP contribution in [0.2, 0.25) is 0 Å². The normalized spacial score (nSPS) is 17.6. The Morgan fingerprint density at radius 2 is 1.80 bits per heavy atom. The van der Waals surface area contributed by atoms with Crippen LogP contribution in [0.4, 0.5) is 0 Å². The zero-order chi connectivity index (χ0) is 15.1. The largest absolute Gasteiger partial charge is 0.370 e. The third-order valence-corrected chi connectivity index (χ3v) is 3.16. The summed E-state index contributed by atoms with van der Waals surface area (Å²) in [6.07, 6.45) is -0.141. The standard InChI is InChI=1S/C12H23N5O3/c1-2-15-11(19)8-16-3-5-17(6-4-16)12(20)9(13)7-10(14)18/h9H,2-8,13H2,1H3,(H2,14,18)(H,15,19). The van der Waals surface area contributed by atoms with Gasteiger partial charge in [0, 0.05) is 32.7 Å². The first-order valence-electron chi connectivity index (χ1n) is 6.75. The first-order valence-corrected chi connectivity index (χ1v) is 6.75. The molecule has 0 bridgehead atoms. The number of hydrogen-bond acceptors (Lipinski definition) is 5. The molecule has 1 aliphatic heterocycles. The van der Waals surface area contributed by atoms with Gasteiger partial charge in [-0.1, -0.05) is 0 Å². The average molecular weight is 285 g/mol. The fourth-order valence-corrected chi connectivity index (χ4v) is 2.12. The summed E-state index contributed by atoms with van der Waals surface area (Å²) in [5.74, 6) is -0.861. The summed E-state index contributed by atoms with van der Waals surface area (Å²) in [6.45, 7) is 5.06. The molecule has 8 heteroatoms. The summed E-state index contributed by atoms with van der Waals surface area (Å²) in [5.41, 5.74) is 10.7. The molecule has 1 rings (SSSR count). The molecule has 1 saturated heterocycles. The Labute approximate surface area is 118 Å². The molecule has 0 aliphatic carbocycles. The van der Waals surface area contributed by atoms with Crippen molar-refractivity contribution in [3.8, 4) is 0 Å². The second-order valence-corrected chi connectivity index (χ2v) is 4.83. The number of likely N-dealkylation sites (N-methyl/N-ethyl adjacent to an activating group) is 1. The molecule has 0 aromatic rings. The van der Waals surface area contributed by atoms with E-state index in [0.29, 0.717) is 39.3 Å². The minimum Gasteiger partial charge on any atom is -0.370 e. The van der Waals surface area contributed by atoms with Crippen LogP contribution >= 0.6 is 0 Å². The van der Waals surface area contributed by atoms with E-state index in [1.54, 1.807) is 4.90 Å². The Bertz CT molecular complexity index is 366. The molecule has 1 unspecified atom stereocenters. The predicted octanol–water partition coefficient (Wildman–Crippen LogP) is -2.53. The van der Waals surface area contributed by atoms with Crippen molar-refractivity contribution in [3.05, 3.63) is 0 Å². The van der Waals surface area contributed by atoms with Gasteiger partial charge in [-0.15, -0.1) is 0 Å². The smallest absolute Gasteiger partial charge is 0.240 e. The average Bonchev–Trinajstić information content (AvgIpc) is 2.38. The fourth-order valence-electron chi connectivity index (χ4n) is 2.12. The maximum absolute atomic E-state index is 12.0. The molecule has 1 atom stereocenters. The summed E-state index contributed by atoms with van der Waals surface area (Å²) in [4.78, 5) is 37.8. The van der Waals surface area contributed by atoms with Crippen molar-refractivity contribution in [2.24, 2.45) is 11.5 Å². The molecule has 0 saturated carbocycles. The van der Waals surface area contributed by atoms with Crippen molar-refractivity contribution in [1.82, 2.24) is 15.1 Å². The predicted molar refractivity (Wildman–Crippen MR) is 73.5 cm³/mol. The molecular weight excluding hydrogens is 262 g/mol. The topological polar surface area (TPSA) is 122 Å². The highest BCUT2D eigenvalue weighted by Gasteiger charge is 2.26. The highest BCUT2D eigenvalue weighted by atomic mass is 16.2. The van der Waals surface area contributed by atoms with Crippen molar-refractivity contribution in [3.63, 3.8) is 0 Å². The summed E-state index contributed by atoms with van der Waals surface area (Å²) < 4.78 is 0. The third kappa shape index (κ3) is 5.14. The maximum atomic E-state index is 12.0. The quantitative estimate of drug-likeness (QED) is 0.497. The van der Waals surface area contributed by atoms with Crippen LogP contribution in [0.1, 0.15) is 13.3 Å². The van der Waals surface area contributed by atoms with Gasteiger partial charge >= 0.3 is 0 Å². The Morgan fingerprint density at radius 1 is 1.20 bits per heavy atom. The lowest BCUT2D eigenvalue weighted by atomic mass is 10.1. The summed E-state index contributed by atoms with van der Waals surface area (Å²) in [6, 6.07) is -0.873. The number of primary amides is 1. The van der Waals surface area contributed by atoms with E-state index in [9.17, 15) is 14.4 Å². The van der Waals surface area contributed by atoms with Gasteiger partial charge in [-0.05, 0) is 6.92 Å². The highest BCUT2D eigenvalue weighted by molar-refractivity contribution is 5.87. The van der Waals surface area contributed by atoms with Crippen LogP contribution < -0.4 is 16.8 Å². The van der Waals surface area contributed by atoms with Gasteiger partial charge in [0.2, 0.25) is 17.7 Å². The minimum atomic E-state index is -0.873. The van der Waals surface area contributed by atoms with Crippen LogP contribution in [-0.2, 0) is 14.4 Å². The van der Waals surface area contributed by atoms with E-state index >= 15 is 0 Å². The van der Waals surface area contributed by atoms with E-state index in [0.717, 1.165) is 0 Å². The maximum Gasteiger partial charge on any atom is 0.240 e. The first-order chi connectivity index (χ1) is 9.43. The molecule has 3 amide bonds. The van der Waals surface area contributed by atoms with E-state index in [-0.39, 0.29) is 18.2 Å². The number of hydrogen-bond donors (Lipinski definition) is 3. The van der Waals surface area contributed by atoms with Gasteiger partial charge in [-0.2, -0.15) is 0 Å². The van der Waals surface area contributed by atoms with Gasteiger partial charge in [0.1, 0.15) is 0 Å². The molecule has 1 aliphatic rings. The number of piperazine rings is 1. The number of rotatable bonds is 6. The number of carbonyl (C=O) groups is 3. The van der Waals surface area contributed by atoms with E-state index in [4.69, 9.17) is 11.5 Å². The molecule has 20 heavy (non-hydrogen) atoms. The van der Waals surface area contributed by atoms with E-state index in [1.165, 1.54) is 0 Å². The number of nitrogens with zero attached hydrogens (tertiary/aromatic N) is 2. The number of nitrogens with one attached hydrogen (secondary N) is 1. The minimum absolute atomic E-state index is 0.0160. The summed E-state index contributed by atoms with van der Waals surface area (Å²) in [7, 11) is 0. The first kappa shape index (κ1) is 16.4. The second kappa shape index (κ2) is 7.81. The van der Waals surface area contributed by atoms with Crippen LogP contribution in [0.5, 0.6) is 0 Å². The van der Waals surface area contributed by atoms with E-state index < -0.39 is 11.9 Å².